The van der Waals surface area contributed by atoms with Crippen LogP contribution in [0.1, 0.15) is 24.9 Å². The fourth-order valence-corrected chi connectivity index (χ4v) is 1.21. The summed E-state index contributed by atoms with van der Waals surface area (Å²) in [7, 11) is 0. The summed E-state index contributed by atoms with van der Waals surface area (Å²) in [6.45, 7) is 5.77. The number of phenols is 1. The third kappa shape index (κ3) is 3.81. The highest BCUT2D eigenvalue weighted by atomic mass is 35.5. The monoisotopic (exact) mass is 213 g/mol. The summed E-state index contributed by atoms with van der Waals surface area (Å²) >= 11 is 0. The Morgan fingerprint density at radius 2 is 1.93 bits per heavy atom. The topological polar surface area (TPSA) is 46.2 Å². The smallest absolute Gasteiger partial charge is 0.115 e. The summed E-state index contributed by atoms with van der Waals surface area (Å²) in [4.78, 5) is 0. The zero-order chi connectivity index (χ0) is 9.84. The maximum absolute atomic E-state index is 9.06. The summed E-state index contributed by atoms with van der Waals surface area (Å²) in [5.41, 5.74) is 8.00. The van der Waals surface area contributed by atoms with Gasteiger partial charge in [0.2, 0.25) is 0 Å². The van der Waals surface area contributed by atoms with E-state index in [9.17, 15) is 0 Å². The second-order valence-electron chi connectivity index (χ2n) is 3.36. The Morgan fingerprint density at radius 1 is 1.43 bits per heavy atom. The molecule has 0 fully saturated rings. The molecule has 2 nitrogen and oxygen atoms in total. The van der Waals surface area contributed by atoms with Crippen molar-refractivity contribution in [2.75, 3.05) is 0 Å². The van der Waals surface area contributed by atoms with Gasteiger partial charge in [0.15, 0.2) is 0 Å². The molecule has 1 aromatic carbocycles. The third-order valence-electron chi connectivity index (χ3n) is 1.89. The molecule has 1 atom stereocenters. The molecule has 78 valence electrons. The Morgan fingerprint density at radius 3 is 2.36 bits per heavy atom. The van der Waals surface area contributed by atoms with Crippen LogP contribution in [0.4, 0.5) is 0 Å². The number of hydrogen-bond donors (Lipinski definition) is 2. The van der Waals surface area contributed by atoms with E-state index in [1.165, 1.54) is 0 Å². The lowest BCUT2D eigenvalue weighted by molar-refractivity contribution is 0.475. The first kappa shape index (κ1) is 13.0. The molecule has 0 aromatic heterocycles. The fraction of sp³-hybridized carbons (Fsp3) is 0.273. The zero-order valence-corrected chi connectivity index (χ0v) is 9.05. The second kappa shape index (κ2) is 5.68. The van der Waals surface area contributed by atoms with Crippen LogP contribution < -0.4 is 5.73 Å². The largest absolute Gasteiger partial charge is 0.508 e. The first-order chi connectivity index (χ1) is 6.09. The van der Waals surface area contributed by atoms with Gasteiger partial charge in [-0.1, -0.05) is 17.7 Å². The molecule has 0 amide bonds. The van der Waals surface area contributed by atoms with Crippen LogP contribution in [-0.4, -0.2) is 5.11 Å². The molecule has 0 heterocycles. The van der Waals surface area contributed by atoms with Crippen LogP contribution in [0, 0.1) is 0 Å². The fourth-order valence-electron chi connectivity index (χ4n) is 1.21. The van der Waals surface area contributed by atoms with Gasteiger partial charge in [-0.15, -0.1) is 19.0 Å². The molecule has 0 aliphatic rings. The van der Waals surface area contributed by atoms with Gasteiger partial charge in [0.25, 0.3) is 0 Å². The van der Waals surface area contributed by atoms with Crippen LogP contribution in [0.5, 0.6) is 5.75 Å². The van der Waals surface area contributed by atoms with Gasteiger partial charge in [-0.3, -0.25) is 0 Å². The molecule has 0 spiro atoms. The maximum atomic E-state index is 9.06. The predicted molar refractivity (Wildman–Crippen MR) is 61.7 cm³/mol. The van der Waals surface area contributed by atoms with Crippen LogP contribution in [-0.2, 0) is 0 Å². The van der Waals surface area contributed by atoms with E-state index in [2.05, 4.69) is 6.58 Å². The quantitative estimate of drug-likeness (QED) is 0.759. The van der Waals surface area contributed by atoms with Crippen LogP contribution >= 0.6 is 12.4 Å². The minimum absolute atomic E-state index is 0. The van der Waals surface area contributed by atoms with Gasteiger partial charge in [0.05, 0.1) is 0 Å². The van der Waals surface area contributed by atoms with Crippen molar-refractivity contribution in [1.29, 1.82) is 0 Å². The highest BCUT2D eigenvalue weighted by Crippen LogP contribution is 2.19. The standard InChI is InChI=1S/C11H15NO.ClH/c1-8(2)7-11(12)9-3-5-10(13)6-4-9;/h3-6,11,13H,1,7,12H2,2H3;1H/t11-;/m1./s1. The SMILES string of the molecule is C=C(C)C[C@@H](N)c1ccc(O)cc1.Cl. The molecular formula is C11H16ClNO. The number of hydrogen-bond acceptors (Lipinski definition) is 2. The van der Waals surface area contributed by atoms with Crippen molar-refractivity contribution in [1.82, 2.24) is 0 Å². The summed E-state index contributed by atoms with van der Waals surface area (Å²) in [5, 5.41) is 9.06. The maximum Gasteiger partial charge on any atom is 0.115 e. The number of phenolic OH excluding ortho intramolecular Hbond substituents is 1. The summed E-state index contributed by atoms with van der Waals surface area (Å²) < 4.78 is 0. The molecule has 14 heavy (non-hydrogen) atoms. The molecule has 0 saturated heterocycles. The van der Waals surface area contributed by atoms with Crippen molar-refractivity contribution in [3.8, 4) is 5.75 Å². The van der Waals surface area contributed by atoms with E-state index in [1.54, 1.807) is 12.1 Å². The third-order valence-corrected chi connectivity index (χ3v) is 1.89. The Bertz CT molecular complexity index is 295. The number of rotatable bonds is 3. The van der Waals surface area contributed by atoms with Crippen molar-refractivity contribution >= 4 is 12.4 Å². The highest BCUT2D eigenvalue weighted by Gasteiger charge is 2.05. The summed E-state index contributed by atoms with van der Waals surface area (Å²) in [6.07, 6.45) is 0.783. The molecule has 0 aliphatic carbocycles. The number of halogens is 1. The minimum Gasteiger partial charge on any atom is -0.508 e. The van der Waals surface area contributed by atoms with E-state index in [0.29, 0.717) is 0 Å². The Hall–Kier alpha value is -0.990. The van der Waals surface area contributed by atoms with Crippen molar-refractivity contribution in [2.24, 2.45) is 5.73 Å². The lowest BCUT2D eigenvalue weighted by Gasteiger charge is -2.11. The van der Waals surface area contributed by atoms with E-state index in [4.69, 9.17) is 10.8 Å². The number of benzene rings is 1. The molecule has 0 radical (unpaired) electrons. The Labute approximate surface area is 90.9 Å². The highest BCUT2D eigenvalue weighted by molar-refractivity contribution is 5.85. The molecule has 1 rings (SSSR count). The van der Waals surface area contributed by atoms with Gasteiger partial charge in [-0.25, -0.2) is 0 Å². The second-order valence-corrected chi connectivity index (χ2v) is 3.36. The van der Waals surface area contributed by atoms with Crippen molar-refractivity contribution < 1.29 is 5.11 Å². The van der Waals surface area contributed by atoms with E-state index in [0.717, 1.165) is 17.6 Å². The average Bonchev–Trinajstić information content (AvgIpc) is 2.04. The van der Waals surface area contributed by atoms with Gasteiger partial charge in [0, 0.05) is 6.04 Å². The van der Waals surface area contributed by atoms with Gasteiger partial charge >= 0.3 is 0 Å². The van der Waals surface area contributed by atoms with E-state index in [1.807, 2.05) is 19.1 Å². The lowest BCUT2D eigenvalue weighted by atomic mass is 10.0. The predicted octanol–water partition coefficient (Wildman–Crippen LogP) is 2.78. The van der Waals surface area contributed by atoms with E-state index >= 15 is 0 Å². The lowest BCUT2D eigenvalue weighted by Crippen LogP contribution is -2.09. The summed E-state index contributed by atoms with van der Waals surface area (Å²) in [5.74, 6) is 0.270. The first-order valence-electron chi connectivity index (χ1n) is 4.28. The molecule has 0 saturated carbocycles. The first-order valence-corrected chi connectivity index (χ1v) is 4.28. The van der Waals surface area contributed by atoms with Crippen molar-refractivity contribution in [3.63, 3.8) is 0 Å². The molecule has 0 unspecified atom stereocenters. The van der Waals surface area contributed by atoms with Crippen molar-refractivity contribution in [3.05, 3.63) is 42.0 Å². The average molecular weight is 214 g/mol. The molecule has 3 heteroatoms. The van der Waals surface area contributed by atoms with Crippen LogP contribution in [0.15, 0.2) is 36.4 Å². The Balaban J connectivity index is 0.00000169. The molecule has 0 aliphatic heterocycles. The Kier molecular flexibility index (Phi) is 5.28. The van der Waals surface area contributed by atoms with Gasteiger partial charge in [0.1, 0.15) is 5.75 Å². The van der Waals surface area contributed by atoms with Crippen molar-refractivity contribution in [2.45, 2.75) is 19.4 Å². The van der Waals surface area contributed by atoms with Crippen LogP contribution in [0.2, 0.25) is 0 Å². The van der Waals surface area contributed by atoms with Gasteiger partial charge in [-0.05, 0) is 31.0 Å². The van der Waals surface area contributed by atoms with Crippen LogP contribution in [0.3, 0.4) is 0 Å². The van der Waals surface area contributed by atoms with Gasteiger partial charge < -0.3 is 10.8 Å². The zero-order valence-electron chi connectivity index (χ0n) is 8.23. The minimum atomic E-state index is -0.0156. The van der Waals surface area contributed by atoms with Crippen LogP contribution in [0.25, 0.3) is 0 Å². The number of aromatic hydroxyl groups is 1. The molecule has 3 N–H and O–H groups in total. The molecule has 0 bridgehead atoms. The summed E-state index contributed by atoms with van der Waals surface area (Å²) in [6, 6.07) is 6.95. The molecule has 1 aromatic rings. The van der Waals surface area contributed by atoms with Gasteiger partial charge in [-0.2, -0.15) is 0 Å². The number of nitrogens with two attached hydrogens (primary N) is 1. The van der Waals surface area contributed by atoms with E-state index < -0.39 is 0 Å². The normalized spacial score (nSPS) is 11.6. The molecular weight excluding hydrogens is 198 g/mol. The van der Waals surface area contributed by atoms with E-state index in [-0.39, 0.29) is 24.2 Å².